The first kappa shape index (κ1) is 17.3. The molecule has 21 heavy (non-hydrogen) atoms. The third-order valence-electron chi connectivity index (χ3n) is 3.61. The van der Waals surface area contributed by atoms with E-state index in [0.717, 1.165) is 0 Å². The van der Waals surface area contributed by atoms with Gasteiger partial charge < -0.3 is 20.2 Å². The Morgan fingerprint density at radius 1 is 1.38 bits per heavy atom. The van der Waals surface area contributed by atoms with Crippen molar-refractivity contribution in [3.63, 3.8) is 0 Å². The van der Waals surface area contributed by atoms with Crippen molar-refractivity contribution in [1.82, 2.24) is 15.1 Å². The number of carboxylic acids is 1. The second kappa shape index (κ2) is 7.28. The lowest BCUT2D eigenvalue weighted by Gasteiger charge is -2.28. The molecule has 1 aliphatic heterocycles. The number of hydrogen-bond acceptors (Lipinski definition) is 3. The number of hydrogen-bond donors (Lipinski definition) is 2. The number of likely N-dealkylation sites (tertiary alicyclic amines) is 1. The summed E-state index contributed by atoms with van der Waals surface area (Å²) in [4.78, 5) is 37.9. The lowest BCUT2D eigenvalue weighted by Crippen LogP contribution is -2.50. The van der Waals surface area contributed by atoms with Gasteiger partial charge in [0.05, 0.1) is 0 Å². The molecule has 0 aromatic carbocycles. The van der Waals surface area contributed by atoms with Crippen LogP contribution in [0.15, 0.2) is 0 Å². The summed E-state index contributed by atoms with van der Waals surface area (Å²) in [5, 5.41) is 12.0. The second-order valence-corrected chi connectivity index (χ2v) is 6.08. The molecule has 1 rings (SSSR count). The maximum Gasteiger partial charge on any atom is 0.326 e. The summed E-state index contributed by atoms with van der Waals surface area (Å²) in [6.07, 6.45) is 0.663. The highest BCUT2D eigenvalue weighted by Gasteiger charge is 2.40. The minimum Gasteiger partial charge on any atom is -0.480 e. The lowest BCUT2D eigenvalue weighted by atomic mass is 10.0. The van der Waals surface area contributed by atoms with Gasteiger partial charge in [0.25, 0.3) is 0 Å². The molecule has 1 aliphatic rings. The summed E-state index contributed by atoms with van der Waals surface area (Å²) >= 11 is 0. The van der Waals surface area contributed by atoms with Crippen LogP contribution >= 0.6 is 0 Å². The third kappa shape index (κ3) is 4.61. The van der Waals surface area contributed by atoms with Crippen LogP contribution in [0.2, 0.25) is 0 Å². The van der Waals surface area contributed by atoms with Crippen LogP contribution in [0.4, 0.5) is 4.79 Å². The van der Waals surface area contributed by atoms with Crippen LogP contribution in [-0.4, -0.2) is 65.5 Å². The Bertz CT molecular complexity index is 411. The second-order valence-electron chi connectivity index (χ2n) is 6.08. The summed E-state index contributed by atoms with van der Waals surface area (Å²) in [5.74, 6) is -0.968. The van der Waals surface area contributed by atoms with Crippen LogP contribution in [0.25, 0.3) is 0 Å². The topological polar surface area (TPSA) is 90.0 Å². The monoisotopic (exact) mass is 299 g/mol. The Kier molecular flexibility index (Phi) is 5.99. The maximum absolute atomic E-state index is 12.3. The zero-order chi connectivity index (χ0) is 16.2. The molecule has 1 fully saturated rings. The van der Waals surface area contributed by atoms with E-state index < -0.39 is 18.0 Å². The van der Waals surface area contributed by atoms with E-state index >= 15 is 0 Å². The van der Waals surface area contributed by atoms with Gasteiger partial charge in [-0.2, -0.15) is 0 Å². The van der Waals surface area contributed by atoms with Crippen molar-refractivity contribution in [1.29, 1.82) is 0 Å². The third-order valence-corrected chi connectivity index (χ3v) is 3.61. The normalized spacial score (nSPS) is 21.5. The number of nitrogens with one attached hydrogen (secondary N) is 1. The van der Waals surface area contributed by atoms with Crippen molar-refractivity contribution in [3.05, 3.63) is 0 Å². The van der Waals surface area contributed by atoms with Crippen LogP contribution < -0.4 is 5.32 Å². The van der Waals surface area contributed by atoms with Crippen molar-refractivity contribution in [2.24, 2.45) is 11.8 Å². The van der Waals surface area contributed by atoms with Crippen LogP contribution in [0, 0.1) is 11.8 Å². The fourth-order valence-corrected chi connectivity index (χ4v) is 2.41. The number of amides is 3. The molecule has 1 saturated heterocycles. The highest BCUT2D eigenvalue weighted by molar-refractivity contribution is 5.87. The van der Waals surface area contributed by atoms with Gasteiger partial charge in [-0.1, -0.05) is 20.8 Å². The summed E-state index contributed by atoms with van der Waals surface area (Å²) in [6, 6.07) is -1.22. The van der Waals surface area contributed by atoms with Crippen molar-refractivity contribution < 1.29 is 19.5 Å². The van der Waals surface area contributed by atoms with E-state index in [1.54, 1.807) is 0 Å². The van der Waals surface area contributed by atoms with E-state index in [4.69, 9.17) is 0 Å². The molecule has 0 spiro atoms. The molecule has 0 radical (unpaired) electrons. The fraction of sp³-hybridized carbons (Fsp3) is 0.786. The van der Waals surface area contributed by atoms with Crippen LogP contribution in [-0.2, 0) is 9.59 Å². The quantitative estimate of drug-likeness (QED) is 0.778. The van der Waals surface area contributed by atoms with E-state index in [0.29, 0.717) is 25.4 Å². The molecule has 120 valence electrons. The number of carbonyl (C=O) groups is 3. The molecule has 0 bridgehead atoms. The molecule has 0 aliphatic carbocycles. The van der Waals surface area contributed by atoms with Gasteiger partial charge in [-0.25, -0.2) is 9.59 Å². The molecule has 0 saturated carbocycles. The standard InChI is InChI=1S/C14H25N3O4/c1-9(2)7-15-11(18)8-16(4)14(21)17-6-5-10(3)12(17)13(19)20/h9-10,12H,5-8H2,1-4H3,(H,15,18)(H,19,20). The Labute approximate surface area is 125 Å². The van der Waals surface area contributed by atoms with Gasteiger partial charge in [0.1, 0.15) is 12.6 Å². The molecule has 2 unspecified atom stereocenters. The summed E-state index contributed by atoms with van der Waals surface area (Å²) in [5.41, 5.74) is 0. The highest BCUT2D eigenvalue weighted by Crippen LogP contribution is 2.25. The van der Waals surface area contributed by atoms with E-state index in [9.17, 15) is 19.5 Å². The average molecular weight is 299 g/mol. The molecule has 2 atom stereocenters. The molecule has 7 heteroatoms. The predicted molar refractivity (Wildman–Crippen MR) is 77.8 cm³/mol. The molecule has 0 aromatic rings. The average Bonchev–Trinajstić information content (AvgIpc) is 2.77. The number of aliphatic carboxylic acids is 1. The smallest absolute Gasteiger partial charge is 0.326 e. The van der Waals surface area contributed by atoms with E-state index in [1.807, 2.05) is 20.8 Å². The SMILES string of the molecule is CC(C)CNC(=O)CN(C)C(=O)N1CCC(C)C1C(=O)O. The molecule has 0 aromatic heterocycles. The van der Waals surface area contributed by atoms with Crippen molar-refractivity contribution in [3.8, 4) is 0 Å². The lowest BCUT2D eigenvalue weighted by molar-refractivity contribution is -0.142. The Morgan fingerprint density at radius 2 is 2.00 bits per heavy atom. The van der Waals surface area contributed by atoms with Gasteiger partial charge >= 0.3 is 12.0 Å². The number of carboxylic acid groups (broad SMARTS) is 1. The zero-order valence-corrected chi connectivity index (χ0v) is 13.1. The van der Waals surface area contributed by atoms with E-state index in [-0.39, 0.29) is 18.4 Å². The number of likely N-dealkylation sites (N-methyl/N-ethyl adjacent to an activating group) is 1. The first-order valence-electron chi connectivity index (χ1n) is 7.25. The molecule has 7 nitrogen and oxygen atoms in total. The molecular weight excluding hydrogens is 274 g/mol. The Hall–Kier alpha value is -1.79. The zero-order valence-electron chi connectivity index (χ0n) is 13.1. The fourth-order valence-electron chi connectivity index (χ4n) is 2.41. The number of rotatable bonds is 5. The number of nitrogens with zero attached hydrogens (tertiary/aromatic N) is 2. The minimum atomic E-state index is -0.994. The number of carbonyl (C=O) groups excluding carboxylic acids is 2. The van der Waals surface area contributed by atoms with Crippen LogP contribution in [0.3, 0.4) is 0 Å². The van der Waals surface area contributed by atoms with Crippen LogP contribution in [0.1, 0.15) is 27.2 Å². The van der Waals surface area contributed by atoms with Crippen molar-refractivity contribution in [2.45, 2.75) is 33.2 Å². The van der Waals surface area contributed by atoms with Gasteiger partial charge in [0.2, 0.25) is 5.91 Å². The largest absolute Gasteiger partial charge is 0.480 e. The summed E-state index contributed by atoms with van der Waals surface area (Å²) in [6.45, 7) is 6.69. The Morgan fingerprint density at radius 3 is 2.52 bits per heavy atom. The van der Waals surface area contributed by atoms with Gasteiger partial charge in [-0.05, 0) is 18.3 Å². The minimum absolute atomic E-state index is 0.0667. The molecule has 2 N–H and O–H groups in total. The number of urea groups is 1. The summed E-state index contributed by atoms with van der Waals surface area (Å²) < 4.78 is 0. The molecule has 1 heterocycles. The van der Waals surface area contributed by atoms with Gasteiger partial charge in [0.15, 0.2) is 0 Å². The Balaban J connectivity index is 2.58. The highest BCUT2D eigenvalue weighted by atomic mass is 16.4. The molecular formula is C14H25N3O4. The first-order valence-corrected chi connectivity index (χ1v) is 7.25. The van der Waals surface area contributed by atoms with Gasteiger partial charge in [-0.3, -0.25) is 4.79 Å². The van der Waals surface area contributed by atoms with E-state index in [1.165, 1.54) is 16.8 Å². The summed E-state index contributed by atoms with van der Waals surface area (Å²) in [7, 11) is 1.51. The van der Waals surface area contributed by atoms with Crippen molar-refractivity contribution >= 4 is 17.9 Å². The van der Waals surface area contributed by atoms with Crippen LogP contribution in [0.5, 0.6) is 0 Å². The molecule has 3 amide bonds. The predicted octanol–water partition coefficient (Wildman–Crippen LogP) is 0.605. The maximum atomic E-state index is 12.3. The van der Waals surface area contributed by atoms with Gasteiger partial charge in [0, 0.05) is 20.1 Å². The van der Waals surface area contributed by atoms with Crippen molar-refractivity contribution in [2.75, 3.05) is 26.7 Å². The first-order chi connectivity index (χ1) is 9.73. The van der Waals surface area contributed by atoms with Gasteiger partial charge in [-0.15, -0.1) is 0 Å². The van der Waals surface area contributed by atoms with E-state index in [2.05, 4.69) is 5.32 Å².